The summed E-state index contributed by atoms with van der Waals surface area (Å²) in [7, 11) is 0. The Morgan fingerprint density at radius 2 is 1.95 bits per heavy atom. The normalized spacial score (nSPS) is 12.1. The topological polar surface area (TPSA) is 78.0 Å². The van der Waals surface area contributed by atoms with Crippen molar-refractivity contribution in [3.8, 4) is 0 Å². The molecule has 0 aliphatic carbocycles. The summed E-state index contributed by atoms with van der Waals surface area (Å²) in [5.41, 5.74) is 1.30. The molecule has 0 N–H and O–H groups in total. The summed E-state index contributed by atoms with van der Waals surface area (Å²) in [5.74, 6) is -0.0846. The molecule has 1 aromatic carbocycles. The van der Waals surface area contributed by atoms with Crippen molar-refractivity contribution >= 4 is 11.5 Å². The van der Waals surface area contributed by atoms with Crippen LogP contribution in [-0.4, -0.2) is 20.5 Å². The van der Waals surface area contributed by atoms with Crippen LogP contribution in [0.25, 0.3) is 0 Å². The van der Waals surface area contributed by atoms with Gasteiger partial charge in [0.1, 0.15) is 17.4 Å². The molecular weight excluding hydrogens is 270 g/mol. The van der Waals surface area contributed by atoms with Gasteiger partial charge in [-0.1, -0.05) is 37.3 Å². The molecule has 1 unspecified atom stereocenters. The monoisotopic (exact) mass is 287 g/mol. The fourth-order valence-electron chi connectivity index (χ4n) is 2.49. The molecule has 6 heteroatoms. The van der Waals surface area contributed by atoms with Crippen molar-refractivity contribution in [3.63, 3.8) is 0 Å². The third-order valence-electron chi connectivity index (χ3n) is 3.51. The molecule has 1 heterocycles. The number of benzene rings is 1. The average molecular weight is 287 g/mol. The van der Waals surface area contributed by atoms with Gasteiger partial charge in [0.15, 0.2) is 5.78 Å². The van der Waals surface area contributed by atoms with Gasteiger partial charge < -0.3 is 0 Å². The quantitative estimate of drug-likeness (QED) is 0.480. The molecule has 1 atom stereocenters. The van der Waals surface area contributed by atoms with Crippen molar-refractivity contribution in [1.82, 2.24) is 9.78 Å². The highest BCUT2D eigenvalue weighted by Gasteiger charge is 2.29. The average Bonchev–Trinajstić information content (AvgIpc) is 2.75. The maximum absolute atomic E-state index is 12.6. The summed E-state index contributed by atoms with van der Waals surface area (Å²) in [6.45, 7) is 5.08. The first-order chi connectivity index (χ1) is 9.97. The van der Waals surface area contributed by atoms with Crippen molar-refractivity contribution in [3.05, 3.63) is 57.4 Å². The van der Waals surface area contributed by atoms with Crippen LogP contribution < -0.4 is 0 Å². The van der Waals surface area contributed by atoms with E-state index < -0.39 is 11.0 Å². The van der Waals surface area contributed by atoms with E-state index in [1.165, 1.54) is 4.68 Å². The molecule has 0 saturated carbocycles. The fourth-order valence-corrected chi connectivity index (χ4v) is 2.49. The molecule has 0 saturated heterocycles. The minimum absolute atomic E-state index is 0.0192. The van der Waals surface area contributed by atoms with Gasteiger partial charge in [0.25, 0.3) is 0 Å². The highest BCUT2D eigenvalue weighted by atomic mass is 16.6. The lowest BCUT2D eigenvalue weighted by Gasteiger charge is -2.15. The van der Waals surface area contributed by atoms with Gasteiger partial charge in [0.05, 0.1) is 4.92 Å². The van der Waals surface area contributed by atoms with E-state index >= 15 is 0 Å². The number of hydrogen-bond acceptors (Lipinski definition) is 4. The zero-order valence-corrected chi connectivity index (χ0v) is 12.2. The summed E-state index contributed by atoms with van der Waals surface area (Å²) in [6, 6.07) is 8.38. The molecule has 0 radical (unpaired) electrons. The third-order valence-corrected chi connectivity index (χ3v) is 3.51. The Hall–Kier alpha value is -2.50. The molecule has 0 bridgehead atoms. The van der Waals surface area contributed by atoms with E-state index in [0.29, 0.717) is 23.4 Å². The SMILES string of the molecule is CCC(C(=O)c1ccccc1)n1nc(C)c([N+](=O)[O-])c1C. The molecule has 0 spiro atoms. The van der Waals surface area contributed by atoms with Crippen molar-refractivity contribution in [2.75, 3.05) is 0 Å². The van der Waals surface area contributed by atoms with E-state index in [2.05, 4.69) is 5.10 Å². The zero-order chi connectivity index (χ0) is 15.6. The van der Waals surface area contributed by atoms with Crippen molar-refractivity contribution in [2.45, 2.75) is 33.2 Å². The number of carbonyl (C=O) groups excluding carboxylic acids is 1. The van der Waals surface area contributed by atoms with E-state index in [4.69, 9.17) is 0 Å². The van der Waals surface area contributed by atoms with Gasteiger partial charge in [0, 0.05) is 5.56 Å². The Labute approximate surface area is 122 Å². The molecule has 0 amide bonds. The van der Waals surface area contributed by atoms with Gasteiger partial charge in [-0.15, -0.1) is 0 Å². The van der Waals surface area contributed by atoms with Gasteiger partial charge in [-0.05, 0) is 20.3 Å². The molecule has 1 aromatic heterocycles. The maximum Gasteiger partial charge on any atom is 0.312 e. The molecule has 6 nitrogen and oxygen atoms in total. The maximum atomic E-state index is 12.6. The number of ketones is 1. The summed E-state index contributed by atoms with van der Waals surface area (Å²) >= 11 is 0. The number of aromatic nitrogens is 2. The Bertz CT molecular complexity index is 677. The predicted octanol–water partition coefficient (Wildman–Crippen LogP) is 3.24. The van der Waals surface area contributed by atoms with E-state index in [-0.39, 0.29) is 11.5 Å². The zero-order valence-electron chi connectivity index (χ0n) is 12.2. The number of nitrogens with zero attached hydrogens (tertiary/aromatic N) is 3. The van der Waals surface area contributed by atoms with Crippen LogP contribution in [0.1, 0.15) is 41.1 Å². The van der Waals surface area contributed by atoms with Crippen LogP contribution in [0.3, 0.4) is 0 Å². The highest BCUT2D eigenvalue weighted by Crippen LogP contribution is 2.27. The molecule has 0 aliphatic heterocycles. The third kappa shape index (κ3) is 2.69. The second kappa shape index (κ2) is 5.87. The van der Waals surface area contributed by atoms with Gasteiger partial charge >= 0.3 is 5.69 Å². The molecule has 0 aliphatic rings. The van der Waals surface area contributed by atoms with Gasteiger partial charge in [0.2, 0.25) is 0 Å². The van der Waals surface area contributed by atoms with E-state index in [0.717, 1.165) is 0 Å². The smallest absolute Gasteiger partial charge is 0.292 e. The second-order valence-corrected chi connectivity index (χ2v) is 4.88. The number of rotatable bonds is 5. The molecule has 0 fully saturated rings. The second-order valence-electron chi connectivity index (χ2n) is 4.88. The van der Waals surface area contributed by atoms with Gasteiger partial charge in [-0.25, -0.2) is 0 Å². The van der Waals surface area contributed by atoms with E-state index in [9.17, 15) is 14.9 Å². The van der Waals surface area contributed by atoms with Crippen LogP contribution >= 0.6 is 0 Å². The number of carbonyl (C=O) groups is 1. The van der Waals surface area contributed by atoms with Crippen LogP contribution in [0.15, 0.2) is 30.3 Å². The van der Waals surface area contributed by atoms with Crippen LogP contribution in [-0.2, 0) is 0 Å². The minimum Gasteiger partial charge on any atom is -0.292 e. The fraction of sp³-hybridized carbons (Fsp3) is 0.333. The number of aryl methyl sites for hydroxylation is 1. The first-order valence-corrected chi connectivity index (χ1v) is 6.76. The Balaban J connectivity index is 2.46. The Morgan fingerprint density at radius 3 is 2.43 bits per heavy atom. The highest BCUT2D eigenvalue weighted by molar-refractivity contribution is 5.99. The lowest BCUT2D eigenvalue weighted by atomic mass is 10.0. The first-order valence-electron chi connectivity index (χ1n) is 6.76. The minimum atomic E-state index is -0.528. The summed E-state index contributed by atoms with van der Waals surface area (Å²) in [4.78, 5) is 23.2. The number of hydrogen-bond donors (Lipinski definition) is 0. The Morgan fingerprint density at radius 1 is 1.33 bits per heavy atom. The molecule has 21 heavy (non-hydrogen) atoms. The lowest BCUT2D eigenvalue weighted by Crippen LogP contribution is -2.21. The van der Waals surface area contributed by atoms with Crippen LogP contribution in [0.2, 0.25) is 0 Å². The Kier molecular flexibility index (Phi) is 4.16. The van der Waals surface area contributed by atoms with Crippen molar-refractivity contribution in [2.24, 2.45) is 0 Å². The standard InChI is InChI=1S/C15H17N3O3/c1-4-13(15(19)12-8-6-5-7-9-12)17-11(3)14(18(20)21)10(2)16-17/h5-9,13H,4H2,1-3H3. The summed E-state index contributed by atoms with van der Waals surface area (Å²) in [5, 5.41) is 15.3. The molecular formula is C15H17N3O3. The van der Waals surface area contributed by atoms with Crippen LogP contribution in [0.4, 0.5) is 5.69 Å². The van der Waals surface area contributed by atoms with Gasteiger partial charge in [-0.3, -0.25) is 19.6 Å². The first kappa shape index (κ1) is 14.9. The van der Waals surface area contributed by atoms with Crippen molar-refractivity contribution < 1.29 is 9.72 Å². The van der Waals surface area contributed by atoms with Gasteiger partial charge in [-0.2, -0.15) is 5.10 Å². The molecule has 2 aromatic rings. The predicted molar refractivity (Wildman–Crippen MR) is 78.5 cm³/mol. The lowest BCUT2D eigenvalue weighted by molar-refractivity contribution is -0.386. The summed E-state index contributed by atoms with van der Waals surface area (Å²) in [6.07, 6.45) is 0.521. The largest absolute Gasteiger partial charge is 0.312 e. The number of Topliss-reactive ketones (excluding diaryl/α,β-unsaturated/α-hetero) is 1. The van der Waals surface area contributed by atoms with Crippen LogP contribution in [0.5, 0.6) is 0 Å². The van der Waals surface area contributed by atoms with Crippen LogP contribution in [0, 0.1) is 24.0 Å². The van der Waals surface area contributed by atoms with E-state index in [1.54, 1.807) is 38.1 Å². The summed E-state index contributed by atoms with van der Waals surface area (Å²) < 4.78 is 1.48. The van der Waals surface area contributed by atoms with E-state index in [1.807, 2.05) is 13.0 Å². The molecule has 2 rings (SSSR count). The van der Waals surface area contributed by atoms with Crippen molar-refractivity contribution in [1.29, 1.82) is 0 Å². The molecule has 110 valence electrons. The number of nitro groups is 1.